The third-order valence-electron chi connectivity index (χ3n) is 3.52. The molecule has 0 spiro atoms. The van der Waals surface area contributed by atoms with Crippen LogP contribution in [0.1, 0.15) is 58.1 Å². The summed E-state index contributed by atoms with van der Waals surface area (Å²) in [6.45, 7) is 11.1. The maximum Gasteiger partial charge on any atom is 0.268 e. The molecule has 0 fully saturated rings. The minimum absolute atomic E-state index is 0.166. The number of aliphatic hydroxyl groups is 1. The molecule has 2 N–H and O–H groups in total. The zero-order valence-corrected chi connectivity index (χ0v) is 12.1. The highest BCUT2D eigenvalue weighted by atomic mass is 16.3. The number of nitrogens with zero attached hydrogens (tertiary/aromatic N) is 1. The Hall–Kier alpha value is -1.29. The summed E-state index contributed by atoms with van der Waals surface area (Å²) in [5, 5.41) is 12.9. The average Bonchev–Trinajstić information content (AvgIpc) is 2.62. The van der Waals surface area contributed by atoms with Crippen molar-refractivity contribution >= 4 is 5.91 Å². The number of hydrogen-bond donors (Lipinski definition) is 2. The second-order valence-corrected chi connectivity index (χ2v) is 6.03. The van der Waals surface area contributed by atoms with Crippen LogP contribution in [0.25, 0.3) is 0 Å². The Kier molecular flexibility index (Phi) is 3.91. The minimum Gasteiger partial charge on any atom is -0.388 e. The lowest BCUT2D eigenvalue weighted by Gasteiger charge is -2.38. The van der Waals surface area contributed by atoms with Crippen LogP contribution in [0.5, 0.6) is 0 Å². The van der Waals surface area contributed by atoms with Gasteiger partial charge in [-0.25, -0.2) is 0 Å². The van der Waals surface area contributed by atoms with E-state index >= 15 is 0 Å². The highest BCUT2D eigenvalue weighted by Gasteiger charge is 2.36. The van der Waals surface area contributed by atoms with E-state index in [9.17, 15) is 9.90 Å². The molecular formula is C14H24N2O2. The number of aromatic nitrogens is 1. The van der Waals surface area contributed by atoms with Gasteiger partial charge < -0.3 is 15.0 Å². The molecule has 0 aliphatic carbocycles. The van der Waals surface area contributed by atoms with Crippen LogP contribution in [0.3, 0.4) is 0 Å². The van der Waals surface area contributed by atoms with Gasteiger partial charge in [0.25, 0.3) is 5.91 Å². The summed E-state index contributed by atoms with van der Waals surface area (Å²) >= 11 is 0. The molecule has 0 aliphatic heterocycles. The molecule has 1 heterocycles. The number of hydrogen-bond acceptors (Lipinski definition) is 2. The summed E-state index contributed by atoms with van der Waals surface area (Å²) in [6, 6.07) is 3.87. The van der Waals surface area contributed by atoms with Gasteiger partial charge in [-0.3, -0.25) is 4.79 Å². The normalized spacial score (nSPS) is 12.9. The van der Waals surface area contributed by atoms with Crippen molar-refractivity contribution in [2.75, 3.05) is 0 Å². The molecule has 0 saturated heterocycles. The van der Waals surface area contributed by atoms with Crippen LogP contribution < -0.4 is 5.32 Å². The maximum atomic E-state index is 12.3. The van der Waals surface area contributed by atoms with E-state index in [-0.39, 0.29) is 11.9 Å². The van der Waals surface area contributed by atoms with Gasteiger partial charge in [0.1, 0.15) is 5.69 Å². The van der Waals surface area contributed by atoms with E-state index in [1.54, 1.807) is 19.9 Å². The number of carbonyl (C=O) groups is 1. The van der Waals surface area contributed by atoms with Crippen molar-refractivity contribution in [2.45, 2.75) is 58.7 Å². The van der Waals surface area contributed by atoms with Crippen LogP contribution in [0.2, 0.25) is 0 Å². The molecular weight excluding hydrogens is 228 g/mol. The first-order chi connectivity index (χ1) is 8.06. The fraction of sp³-hybridized carbons (Fsp3) is 0.643. The Labute approximate surface area is 109 Å². The first-order valence-corrected chi connectivity index (χ1v) is 6.28. The van der Waals surface area contributed by atoms with Crippen LogP contribution in [-0.2, 0) is 0 Å². The fourth-order valence-electron chi connectivity index (χ4n) is 1.54. The molecule has 0 unspecified atom stereocenters. The van der Waals surface area contributed by atoms with Crippen molar-refractivity contribution in [1.29, 1.82) is 0 Å². The van der Waals surface area contributed by atoms with Gasteiger partial charge >= 0.3 is 0 Å². The number of nitrogens with one attached hydrogen (secondary N) is 1. The third kappa shape index (κ3) is 2.93. The van der Waals surface area contributed by atoms with E-state index in [4.69, 9.17) is 0 Å². The third-order valence-corrected chi connectivity index (χ3v) is 3.52. The van der Waals surface area contributed by atoms with Gasteiger partial charge in [0.2, 0.25) is 0 Å². The molecule has 0 aliphatic rings. The Morgan fingerprint density at radius 2 is 1.89 bits per heavy atom. The Morgan fingerprint density at radius 3 is 2.33 bits per heavy atom. The topological polar surface area (TPSA) is 54.3 Å². The van der Waals surface area contributed by atoms with Gasteiger partial charge in [-0.1, -0.05) is 0 Å². The molecule has 1 aromatic heterocycles. The fourth-order valence-corrected chi connectivity index (χ4v) is 1.54. The Balaban J connectivity index is 2.93. The summed E-state index contributed by atoms with van der Waals surface area (Å²) in [7, 11) is 0. The molecule has 4 nitrogen and oxygen atoms in total. The molecule has 1 amide bonds. The molecule has 18 heavy (non-hydrogen) atoms. The van der Waals surface area contributed by atoms with Gasteiger partial charge in [-0.15, -0.1) is 0 Å². The quantitative estimate of drug-likeness (QED) is 0.864. The van der Waals surface area contributed by atoms with Crippen molar-refractivity contribution < 1.29 is 9.90 Å². The Morgan fingerprint density at radius 1 is 1.33 bits per heavy atom. The molecule has 1 aromatic rings. The number of carbonyl (C=O) groups excluding carboxylic acids is 1. The van der Waals surface area contributed by atoms with Gasteiger partial charge in [-0.2, -0.15) is 0 Å². The first-order valence-electron chi connectivity index (χ1n) is 6.28. The second-order valence-electron chi connectivity index (χ2n) is 6.03. The van der Waals surface area contributed by atoms with E-state index in [2.05, 4.69) is 5.32 Å². The molecule has 0 atom stereocenters. The van der Waals surface area contributed by atoms with Gasteiger partial charge in [0, 0.05) is 12.2 Å². The van der Waals surface area contributed by atoms with Crippen molar-refractivity contribution in [2.24, 2.45) is 0 Å². The number of rotatable bonds is 4. The van der Waals surface area contributed by atoms with E-state index in [0.29, 0.717) is 5.69 Å². The standard InChI is InChI=1S/C14H24N2O2/c1-10(2)16-9-7-8-11(16)12(17)15-13(3,4)14(5,6)18/h7-10,18H,1-6H3,(H,15,17). The predicted molar refractivity (Wildman–Crippen MR) is 72.7 cm³/mol. The lowest BCUT2D eigenvalue weighted by molar-refractivity contribution is -0.00311. The molecule has 4 heteroatoms. The Bertz CT molecular complexity index is 425. The molecule has 0 saturated carbocycles. The first kappa shape index (κ1) is 14.8. The summed E-state index contributed by atoms with van der Waals surface area (Å²) in [5.74, 6) is -0.166. The molecule has 0 radical (unpaired) electrons. The summed E-state index contributed by atoms with van der Waals surface area (Å²) < 4.78 is 1.91. The SMILES string of the molecule is CC(C)n1cccc1C(=O)NC(C)(C)C(C)(C)O. The van der Waals surface area contributed by atoms with Crippen LogP contribution >= 0.6 is 0 Å². The zero-order chi connectivity index (χ0) is 14.1. The van der Waals surface area contributed by atoms with Crippen molar-refractivity contribution in [3.8, 4) is 0 Å². The predicted octanol–water partition coefficient (Wildman–Crippen LogP) is 2.35. The smallest absolute Gasteiger partial charge is 0.268 e. The highest BCUT2D eigenvalue weighted by Crippen LogP contribution is 2.21. The van der Waals surface area contributed by atoms with E-state index in [0.717, 1.165) is 0 Å². The monoisotopic (exact) mass is 252 g/mol. The molecule has 102 valence electrons. The van der Waals surface area contributed by atoms with Crippen LogP contribution in [-0.4, -0.2) is 26.7 Å². The van der Waals surface area contributed by atoms with Gasteiger partial charge in [0.05, 0.1) is 11.1 Å². The van der Waals surface area contributed by atoms with Crippen LogP contribution in [0.4, 0.5) is 0 Å². The summed E-state index contributed by atoms with van der Waals surface area (Å²) in [6.07, 6.45) is 1.89. The average molecular weight is 252 g/mol. The second kappa shape index (κ2) is 4.76. The van der Waals surface area contributed by atoms with Crippen LogP contribution in [0.15, 0.2) is 18.3 Å². The molecule has 0 bridgehead atoms. The summed E-state index contributed by atoms with van der Waals surface area (Å²) in [4.78, 5) is 12.3. The van der Waals surface area contributed by atoms with Gasteiger partial charge in [0.15, 0.2) is 0 Å². The zero-order valence-electron chi connectivity index (χ0n) is 12.1. The van der Waals surface area contributed by atoms with Crippen LogP contribution in [0, 0.1) is 0 Å². The van der Waals surface area contributed by atoms with Gasteiger partial charge in [-0.05, 0) is 53.7 Å². The largest absolute Gasteiger partial charge is 0.388 e. The lowest BCUT2D eigenvalue weighted by atomic mass is 9.86. The van der Waals surface area contributed by atoms with Crippen molar-refractivity contribution in [1.82, 2.24) is 9.88 Å². The number of amides is 1. The van der Waals surface area contributed by atoms with E-state index in [1.807, 2.05) is 44.5 Å². The molecule has 0 aromatic carbocycles. The summed E-state index contributed by atoms with van der Waals surface area (Å²) in [5.41, 5.74) is -1.07. The maximum absolute atomic E-state index is 12.3. The highest BCUT2D eigenvalue weighted by molar-refractivity contribution is 5.93. The minimum atomic E-state index is -0.988. The van der Waals surface area contributed by atoms with E-state index in [1.165, 1.54) is 0 Å². The van der Waals surface area contributed by atoms with Crippen molar-refractivity contribution in [3.63, 3.8) is 0 Å². The molecule has 1 rings (SSSR count). The lowest BCUT2D eigenvalue weighted by Crippen LogP contribution is -2.57. The van der Waals surface area contributed by atoms with Crippen molar-refractivity contribution in [3.05, 3.63) is 24.0 Å². The van der Waals surface area contributed by atoms with E-state index < -0.39 is 11.1 Å².